The van der Waals surface area contributed by atoms with E-state index in [2.05, 4.69) is 37.5 Å². The van der Waals surface area contributed by atoms with Gasteiger partial charge < -0.3 is 29.7 Å². The van der Waals surface area contributed by atoms with Crippen molar-refractivity contribution < 1.29 is 52.7 Å². The van der Waals surface area contributed by atoms with Crippen LogP contribution in [0.2, 0.25) is 0 Å². The minimum atomic E-state index is -6.09. The zero-order valence-corrected chi connectivity index (χ0v) is 48.7. The summed E-state index contributed by atoms with van der Waals surface area (Å²) in [7, 11) is -14.5. The number of alkyl halides is 4. The van der Waals surface area contributed by atoms with Crippen molar-refractivity contribution in [2.24, 2.45) is 5.92 Å². The van der Waals surface area contributed by atoms with Gasteiger partial charge in [-0.05, 0) is 143 Å². The molecule has 2 aliphatic rings. The number of piperazine rings is 1. The fraction of sp³-hybridized carbons (Fsp3) is 0.364. The average Bonchev–Trinajstić information content (AvgIpc) is 3.92. The van der Waals surface area contributed by atoms with Crippen LogP contribution in [0.5, 0.6) is 0 Å². The fourth-order valence-corrected chi connectivity index (χ4v) is 15.0. The van der Waals surface area contributed by atoms with Gasteiger partial charge in [0, 0.05) is 94.5 Å². The summed E-state index contributed by atoms with van der Waals surface area (Å²) in [5, 5.41) is 12.4. The molecule has 2 aliphatic heterocycles. The minimum absolute atomic E-state index is 0.0628. The number of sulfone groups is 2. The standard InChI is InChI=1S/C55H61F4IN6O8S4/c1-36(2)66-37(3)53(76(4,69)70)51(52(66)39-12-10-38(34-60)11-13-39)41-30-42(56)32-46(31-41)65-28-26-64(27-29-65)45-16-14-43(15-17-45)62-78(73,74)48-18-19-49(50(33-48)77(71,72)55(57,58)59)61-44(35-75-47-8-6-5-7-9-47)22-25-63-23-20-40(21-24-63)54(67)68/h5-19,30-33,36,40,44,61-62H,20-29,34-35H2,1-4H3,(H,67,68)/t44-/m1/s1. The van der Waals surface area contributed by atoms with Gasteiger partial charge in [0.2, 0.25) is 0 Å². The number of piperidine rings is 1. The van der Waals surface area contributed by atoms with Gasteiger partial charge >= 0.3 is 11.5 Å². The topological polar surface area (TPSA) is 178 Å². The quantitative estimate of drug-likeness (QED) is 0.0285. The summed E-state index contributed by atoms with van der Waals surface area (Å²) in [5.74, 6) is -1.55. The summed E-state index contributed by atoms with van der Waals surface area (Å²) in [6, 6.07) is 30.0. The van der Waals surface area contributed by atoms with E-state index in [0.29, 0.717) is 105 Å². The molecule has 78 heavy (non-hydrogen) atoms. The van der Waals surface area contributed by atoms with E-state index in [4.69, 9.17) is 0 Å². The Morgan fingerprint density at radius 2 is 1.42 bits per heavy atom. The molecular weight excluding hydrogens is 1200 g/mol. The maximum Gasteiger partial charge on any atom is 0.501 e. The van der Waals surface area contributed by atoms with Crippen molar-refractivity contribution in [2.75, 3.05) is 77.7 Å². The molecule has 5 aromatic carbocycles. The van der Waals surface area contributed by atoms with Gasteiger partial charge in [-0.15, -0.1) is 11.8 Å². The first kappa shape index (κ1) is 58.8. The lowest BCUT2D eigenvalue weighted by Crippen LogP contribution is -2.46. The maximum atomic E-state index is 15.8. The number of hydrogen-bond acceptors (Lipinski definition) is 12. The molecule has 14 nitrogen and oxygen atoms in total. The van der Waals surface area contributed by atoms with Gasteiger partial charge in [-0.2, -0.15) is 13.2 Å². The van der Waals surface area contributed by atoms with Crippen molar-refractivity contribution in [3.63, 3.8) is 0 Å². The third kappa shape index (κ3) is 13.5. The predicted molar refractivity (Wildman–Crippen MR) is 309 cm³/mol. The fourth-order valence-electron chi connectivity index (χ4n) is 10.2. The van der Waals surface area contributed by atoms with Gasteiger partial charge in [0.15, 0.2) is 9.84 Å². The van der Waals surface area contributed by atoms with Crippen LogP contribution in [0.25, 0.3) is 22.4 Å². The first-order chi connectivity index (χ1) is 36.8. The second-order valence-electron chi connectivity index (χ2n) is 19.8. The summed E-state index contributed by atoms with van der Waals surface area (Å²) in [4.78, 5) is 16.7. The second kappa shape index (κ2) is 24.2. The number of sulfonamides is 1. The Morgan fingerprint density at radius 3 is 2.00 bits per heavy atom. The number of aromatic nitrogens is 1. The molecular formula is C55H61F4IN6O8S4. The number of halogens is 5. The zero-order chi connectivity index (χ0) is 56.3. The van der Waals surface area contributed by atoms with Gasteiger partial charge in [0.25, 0.3) is 19.9 Å². The van der Waals surface area contributed by atoms with E-state index >= 15 is 4.39 Å². The normalized spacial score (nSPS) is 15.7. The molecule has 0 amide bonds. The van der Waals surface area contributed by atoms with E-state index in [1.165, 1.54) is 42.3 Å². The van der Waals surface area contributed by atoms with Gasteiger partial charge in [0.1, 0.15) is 10.7 Å². The van der Waals surface area contributed by atoms with E-state index in [1.54, 1.807) is 19.1 Å². The molecule has 418 valence electrons. The van der Waals surface area contributed by atoms with Crippen molar-refractivity contribution in [3.05, 3.63) is 132 Å². The summed E-state index contributed by atoms with van der Waals surface area (Å²) in [6.45, 7) is 9.02. The smallest absolute Gasteiger partial charge is 0.481 e. The van der Waals surface area contributed by atoms with Crippen LogP contribution in [0.3, 0.4) is 0 Å². The summed E-state index contributed by atoms with van der Waals surface area (Å²) < 4.78 is 145. The first-order valence-electron chi connectivity index (χ1n) is 25.2. The zero-order valence-electron chi connectivity index (χ0n) is 43.3. The lowest BCUT2D eigenvalue weighted by Gasteiger charge is -2.37. The van der Waals surface area contributed by atoms with Gasteiger partial charge in [-0.25, -0.2) is 29.6 Å². The number of nitrogens with zero attached hydrogens (tertiary/aromatic N) is 4. The molecule has 3 N–H and O–H groups in total. The van der Waals surface area contributed by atoms with Crippen molar-refractivity contribution >= 4 is 92.8 Å². The molecule has 0 aliphatic carbocycles. The molecule has 1 atom stereocenters. The van der Waals surface area contributed by atoms with Crippen molar-refractivity contribution in [1.82, 2.24) is 9.47 Å². The number of carboxylic acids is 1. The SMILES string of the molecule is Cc1c(S(C)(=O)=O)c(-c2cc(F)cc(N3CCN(c4ccc(NS(=O)(=O)c5ccc(N[C@H](CCN6CCC(C(=O)O)CC6)CSc6ccccc6)c(S(=O)(=O)C(F)(F)F)c5)cc4)CC3)c2)c(-c2ccc(CI)cc2)n1C(C)C. The Balaban J connectivity index is 0.984. The van der Waals surface area contributed by atoms with E-state index < -0.39 is 74.4 Å². The lowest BCUT2D eigenvalue weighted by atomic mass is 9.97. The monoisotopic (exact) mass is 1260 g/mol. The van der Waals surface area contributed by atoms with Crippen molar-refractivity contribution in [3.8, 4) is 22.4 Å². The molecule has 0 saturated carbocycles. The molecule has 1 aromatic heterocycles. The number of rotatable bonds is 20. The van der Waals surface area contributed by atoms with Crippen molar-refractivity contribution in [1.29, 1.82) is 0 Å². The number of anilines is 4. The third-order valence-corrected chi connectivity index (χ3v) is 20.3. The molecule has 2 fully saturated rings. The highest BCUT2D eigenvalue weighted by Gasteiger charge is 2.48. The van der Waals surface area contributed by atoms with Crippen LogP contribution in [0, 0.1) is 18.7 Å². The molecule has 0 unspecified atom stereocenters. The number of hydrogen-bond donors (Lipinski definition) is 3. The van der Waals surface area contributed by atoms with Gasteiger partial charge in [0.05, 0.1) is 27.1 Å². The Kier molecular flexibility index (Phi) is 18.2. The molecule has 3 heterocycles. The molecule has 23 heteroatoms. The Morgan fingerprint density at radius 1 is 0.795 bits per heavy atom. The van der Waals surface area contributed by atoms with E-state index in [-0.39, 0.29) is 16.6 Å². The second-order valence-corrected chi connectivity index (χ2v) is 27.2. The van der Waals surface area contributed by atoms with Crippen LogP contribution in [-0.2, 0) is 38.9 Å². The Bertz CT molecular complexity index is 3460. The minimum Gasteiger partial charge on any atom is -0.481 e. The number of carbonyl (C=O) groups is 1. The van der Waals surface area contributed by atoms with Crippen molar-refractivity contribution in [2.45, 2.75) is 81.6 Å². The molecule has 8 rings (SSSR count). The number of likely N-dealkylation sites (tertiary alicyclic amines) is 1. The molecule has 6 aromatic rings. The summed E-state index contributed by atoms with van der Waals surface area (Å²) in [5.41, 5.74) is -0.834. The Hall–Kier alpha value is -5.34. The van der Waals surface area contributed by atoms with Crippen LogP contribution < -0.4 is 19.8 Å². The van der Waals surface area contributed by atoms with E-state index in [9.17, 15) is 48.3 Å². The molecule has 0 spiro atoms. The van der Waals surface area contributed by atoms with Crippen LogP contribution in [0.4, 0.5) is 40.3 Å². The maximum absolute atomic E-state index is 15.8. The highest BCUT2D eigenvalue weighted by molar-refractivity contribution is 14.1. The van der Waals surface area contributed by atoms with E-state index in [0.717, 1.165) is 38.3 Å². The number of nitrogens with one attached hydrogen (secondary N) is 2. The Labute approximate surface area is 471 Å². The lowest BCUT2D eigenvalue weighted by molar-refractivity contribution is -0.143. The van der Waals surface area contributed by atoms with Crippen LogP contribution in [-0.4, -0.2) is 115 Å². The first-order valence-corrected chi connectivity index (χ1v) is 32.6. The molecule has 2 saturated heterocycles. The number of thioether (sulfide) groups is 1. The average molecular weight is 1270 g/mol. The predicted octanol–water partition coefficient (Wildman–Crippen LogP) is 11.4. The van der Waals surface area contributed by atoms with Crippen LogP contribution >= 0.6 is 34.4 Å². The number of aliphatic carboxylic acids is 1. The summed E-state index contributed by atoms with van der Waals surface area (Å²) >= 11 is 3.69. The van der Waals surface area contributed by atoms with Gasteiger partial charge in [-0.1, -0.05) is 65.1 Å². The number of benzene rings is 5. The third-order valence-electron chi connectivity index (χ3n) is 14.1. The van der Waals surface area contributed by atoms with Crippen LogP contribution in [0.15, 0.2) is 135 Å². The van der Waals surface area contributed by atoms with E-state index in [1.807, 2.05) is 88.9 Å². The highest BCUT2D eigenvalue weighted by atomic mass is 127. The molecule has 0 bridgehead atoms. The van der Waals surface area contributed by atoms with Crippen LogP contribution in [0.1, 0.15) is 50.4 Å². The largest absolute Gasteiger partial charge is 0.501 e. The highest BCUT2D eigenvalue weighted by Crippen LogP contribution is 2.45. The number of carboxylic acid groups (broad SMARTS) is 1. The van der Waals surface area contributed by atoms with Gasteiger partial charge in [-0.3, -0.25) is 9.52 Å². The molecule has 0 radical (unpaired) electrons. The summed E-state index contributed by atoms with van der Waals surface area (Å²) in [6.07, 6.45) is 2.41.